The minimum absolute atomic E-state index is 0.603. The Kier molecular flexibility index (Phi) is 4.11. The van der Waals surface area contributed by atoms with Gasteiger partial charge in [-0.25, -0.2) is 4.79 Å². The molecule has 1 aliphatic rings. The number of nitrogens with zero attached hydrogens (tertiary/aromatic N) is 1. The number of H-pyrrole nitrogens is 1. The van der Waals surface area contributed by atoms with Crippen molar-refractivity contribution >= 4 is 11.6 Å². The van der Waals surface area contributed by atoms with Crippen molar-refractivity contribution in [1.29, 1.82) is 0 Å². The number of halogens is 1. The summed E-state index contributed by atoms with van der Waals surface area (Å²) in [4.78, 5) is 24.7. The lowest BCUT2D eigenvalue weighted by molar-refractivity contribution is -0.0994. The summed E-state index contributed by atoms with van der Waals surface area (Å²) in [6, 6.07) is 1.07. The molecule has 0 spiro atoms. The van der Waals surface area contributed by atoms with E-state index in [1.165, 1.54) is 6.08 Å². The average molecular weight is 305 g/mol. The predicted molar refractivity (Wildman–Crippen MR) is 68.3 cm³/mol. The largest absolute Gasteiger partial charge is 0.393 e. The predicted octanol–water partition coefficient (Wildman–Crippen LogP) is -1.73. The van der Waals surface area contributed by atoms with Crippen LogP contribution in [0.5, 0.6) is 0 Å². The molecule has 20 heavy (non-hydrogen) atoms. The zero-order valence-electron chi connectivity index (χ0n) is 10.1. The number of aliphatic hydroxyl groups is 3. The van der Waals surface area contributed by atoms with Crippen molar-refractivity contribution in [3.8, 4) is 0 Å². The van der Waals surface area contributed by atoms with Crippen molar-refractivity contribution < 1.29 is 20.1 Å². The van der Waals surface area contributed by atoms with Crippen LogP contribution in [0.25, 0.3) is 0 Å². The second kappa shape index (κ2) is 5.51. The molecule has 1 aromatic rings. The van der Waals surface area contributed by atoms with Gasteiger partial charge in [0.25, 0.3) is 5.56 Å². The van der Waals surface area contributed by atoms with E-state index < -0.39 is 41.9 Å². The fourth-order valence-corrected chi connectivity index (χ4v) is 2.30. The zero-order chi connectivity index (χ0) is 14.9. The van der Waals surface area contributed by atoms with Crippen LogP contribution in [0.4, 0.5) is 0 Å². The van der Waals surface area contributed by atoms with Gasteiger partial charge in [-0.3, -0.25) is 14.3 Å². The van der Waals surface area contributed by atoms with Gasteiger partial charge in [-0.15, -0.1) is 0 Å². The van der Waals surface area contributed by atoms with E-state index in [-0.39, 0.29) is 0 Å². The first-order valence-corrected chi connectivity index (χ1v) is 6.13. The molecule has 1 saturated heterocycles. The van der Waals surface area contributed by atoms with E-state index in [4.69, 9.17) is 16.3 Å². The molecule has 8 nitrogen and oxygen atoms in total. The summed E-state index contributed by atoms with van der Waals surface area (Å²) in [5, 5.41) is 29.3. The Morgan fingerprint density at radius 1 is 1.50 bits per heavy atom. The molecule has 4 atom stereocenters. The van der Waals surface area contributed by atoms with Gasteiger partial charge in [0, 0.05) is 17.8 Å². The molecule has 2 rings (SSSR count). The van der Waals surface area contributed by atoms with Crippen molar-refractivity contribution in [3.63, 3.8) is 0 Å². The number of ether oxygens (including phenoxy) is 1. The highest BCUT2D eigenvalue weighted by molar-refractivity contribution is 6.25. The molecule has 0 aliphatic carbocycles. The number of aliphatic hydroxyl groups excluding tert-OH is 3. The molecule has 1 aromatic heterocycles. The van der Waals surface area contributed by atoms with Crippen molar-refractivity contribution in [2.24, 2.45) is 0 Å². The monoisotopic (exact) mass is 304 g/mol. The van der Waals surface area contributed by atoms with Crippen LogP contribution in [0.2, 0.25) is 0 Å². The first-order valence-electron chi connectivity index (χ1n) is 5.69. The number of aromatic amines is 1. The molecule has 0 amide bonds. The molecular formula is C11H13ClN2O6. The van der Waals surface area contributed by atoms with Crippen LogP contribution in [0.3, 0.4) is 0 Å². The van der Waals surface area contributed by atoms with Gasteiger partial charge in [0.05, 0.1) is 6.61 Å². The van der Waals surface area contributed by atoms with Gasteiger partial charge in [0.2, 0.25) is 0 Å². The highest BCUT2D eigenvalue weighted by atomic mass is 35.5. The first-order chi connectivity index (χ1) is 9.45. The Morgan fingerprint density at radius 3 is 2.75 bits per heavy atom. The standard InChI is InChI=1S/C11H13ClN2O6/c12-3-2-11(5-15)8(18)7(17)9(20-11)14-4-1-6(16)13-10(14)19/h1-4,7-9,15,17-18H,5H2,(H,13,16,19)/b3-2-/t7?,8?,9-,11-/m0/s1. The number of hydrogen-bond acceptors (Lipinski definition) is 6. The van der Waals surface area contributed by atoms with Crippen LogP contribution in [-0.2, 0) is 4.74 Å². The Hall–Kier alpha value is -1.45. The average Bonchev–Trinajstić information content (AvgIpc) is 2.65. The smallest absolute Gasteiger partial charge is 0.330 e. The summed E-state index contributed by atoms with van der Waals surface area (Å²) in [5.74, 6) is 0. The molecule has 9 heteroatoms. The van der Waals surface area contributed by atoms with Crippen LogP contribution >= 0.6 is 11.6 Å². The van der Waals surface area contributed by atoms with Crippen molar-refractivity contribution in [2.45, 2.75) is 24.0 Å². The van der Waals surface area contributed by atoms with Gasteiger partial charge in [-0.1, -0.05) is 11.6 Å². The van der Waals surface area contributed by atoms with Gasteiger partial charge in [-0.2, -0.15) is 0 Å². The van der Waals surface area contributed by atoms with Crippen LogP contribution in [0.15, 0.2) is 33.5 Å². The van der Waals surface area contributed by atoms with E-state index in [1.807, 2.05) is 4.98 Å². The number of nitrogens with one attached hydrogen (secondary N) is 1. The Morgan fingerprint density at radius 2 is 2.20 bits per heavy atom. The molecule has 0 radical (unpaired) electrons. The Balaban J connectivity index is 2.45. The van der Waals surface area contributed by atoms with E-state index in [0.717, 1.165) is 22.4 Å². The lowest BCUT2D eigenvalue weighted by Crippen LogP contribution is -2.44. The fourth-order valence-electron chi connectivity index (χ4n) is 2.09. The number of aromatic nitrogens is 2. The Bertz CT molecular complexity index is 626. The van der Waals surface area contributed by atoms with Crippen LogP contribution in [0.1, 0.15) is 6.23 Å². The maximum atomic E-state index is 11.7. The topological polar surface area (TPSA) is 125 Å². The van der Waals surface area contributed by atoms with Gasteiger partial charge in [0.15, 0.2) is 6.23 Å². The fraction of sp³-hybridized carbons (Fsp3) is 0.455. The van der Waals surface area contributed by atoms with Crippen molar-refractivity contribution in [2.75, 3.05) is 6.61 Å². The maximum absolute atomic E-state index is 11.7. The van der Waals surface area contributed by atoms with E-state index in [0.29, 0.717) is 0 Å². The van der Waals surface area contributed by atoms with Gasteiger partial charge in [-0.05, 0) is 6.08 Å². The van der Waals surface area contributed by atoms with Gasteiger partial charge >= 0.3 is 5.69 Å². The molecule has 4 N–H and O–H groups in total. The van der Waals surface area contributed by atoms with Gasteiger partial charge < -0.3 is 20.1 Å². The van der Waals surface area contributed by atoms with Crippen LogP contribution < -0.4 is 11.2 Å². The summed E-state index contributed by atoms with van der Waals surface area (Å²) in [5.41, 5.74) is -2.00. The third kappa shape index (κ3) is 2.32. The second-order valence-corrected chi connectivity index (χ2v) is 4.62. The summed E-state index contributed by atoms with van der Waals surface area (Å²) in [6.45, 7) is -0.650. The summed E-state index contributed by atoms with van der Waals surface area (Å²) < 4.78 is 6.30. The van der Waals surface area contributed by atoms with Gasteiger partial charge in [0.1, 0.15) is 17.8 Å². The zero-order valence-corrected chi connectivity index (χ0v) is 10.9. The normalized spacial score (nSPS) is 33.9. The highest BCUT2D eigenvalue weighted by Gasteiger charge is 2.53. The maximum Gasteiger partial charge on any atom is 0.330 e. The van der Waals surface area contributed by atoms with E-state index >= 15 is 0 Å². The molecule has 0 aromatic carbocycles. The van der Waals surface area contributed by atoms with E-state index in [9.17, 15) is 24.9 Å². The number of hydrogen-bond donors (Lipinski definition) is 4. The molecule has 1 aliphatic heterocycles. The lowest BCUT2D eigenvalue weighted by atomic mass is 9.96. The molecule has 2 unspecified atom stereocenters. The molecule has 0 saturated carbocycles. The Labute approximate surface area is 117 Å². The minimum Gasteiger partial charge on any atom is -0.393 e. The van der Waals surface area contributed by atoms with Crippen molar-refractivity contribution in [3.05, 3.63) is 44.7 Å². The molecular weight excluding hydrogens is 292 g/mol. The minimum atomic E-state index is -1.62. The second-order valence-electron chi connectivity index (χ2n) is 4.37. The molecule has 0 bridgehead atoms. The summed E-state index contributed by atoms with van der Waals surface area (Å²) in [7, 11) is 0. The lowest BCUT2D eigenvalue weighted by Gasteiger charge is -2.25. The molecule has 1 fully saturated rings. The third-order valence-corrected chi connectivity index (χ3v) is 3.30. The summed E-state index contributed by atoms with van der Waals surface area (Å²) >= 11 is 5.43. The quantitative estimate of drug-likeness (QED) is 0.526. The third-order valence-electron chi connectivity index (χ3n) is 3.17. The SMILES string of the molecule is O=c1ccn([C@H]2O[C@@](/C=C\Cl)(CO)C(O)C2O)c(=O)[nH]1. The first kappa shape index (κ1) is 14.9. The molecule has 2 heterocycles. The number of rotatable bonds is 3. The van der Waals surface area contributed by atoms with E-state index in [1.54, 1.807) is 0 Å². The summed E-state index contributed by atoms with van der Waals surface area (Å²) in [6.07, 6.45) is -1.95. The highest BCUT2D eigenvalue weighted by Crippen LogP contribution is 2.37. The van der Waals surface area contributed by atoms with E-state index in [2.05, 4.69) is 0 Å². The van der Waals surface area contributed by atoms with Crippen molar-refractivity contribution in [1.82, 2.24) is 9.55 Å². The van der Waals surface area contributed by atoms with Crippen LogP contribution in [0, 0.1) is 0 Å². The molecule has 110 valence electrons. The van der Waals surface area contributed by atoms with Crippen LogP contribution in [-0.4, -0.2) is 49.3 Å².